The second-order valence-corrected chi connectivity index (χ2v) is 24.2. The van der Waals surface area contributed by atoms with Crippen LogP contribution in [0.25, 0.3) is 0 Å². The Balaban J connectivity index is 7.73. The van der Waals surface area contributed by atoms with E-state index in [-0.39, 0.29) is 0 Å². The molecule has 0 aliphatic heterocycles. The maximum absolute atomic E-state index is 2.89. The van der Waals surface area contributed by atoms with Crippen molar-refractivity contribution in [2.45, 2.75) is 378 Å². The summed E-state index contributed by atoms with van der Waals surface area (Å²) in [5.41, 5.74) is 1.51. The highest BCUT2D eigenvalue weighted by Crippen LogP contribution is 2.68. The van der Waals surface area contributed by atoms with Gasteiger partial charge in [-0.25, -0.2) is 0 Å². The summed E-state index contributed by atoms with van der Waals surface area (Å²) in [4.78, 5) is 0. The van der Waals surface area contributed by atoms with Crippen molar-refractivity contribution in [1.29, 1.82) is 0 Å². The molecule has 3 atom stereocenters. The van der Waals surface area contributed by atoms with Crippen LogP contribution in [-0.2, 0) is 0 Å². The molecule has 380 valence electrons. The molecule has 0 aliphatic rings. The van der Waals surface area contributed by atoms with Crippen molar-refractivity contribution in [1.82, 2.24) is 0 Å². The lowest BCUT2D eigenvalue weighted by atomic mass is 9.40. The van der Waals surface area contributed by atoms with E-state index < -0.39 is 0 Å². The molecule has 0 saturated heterocycles. The maximum atomic E-state index is 2.89. The molecule has 3 unspecified atom stereocenters. The average Bonchev–Trinajstić information content (AvgIpc) is 3.24. The fraction of sp³-hybridized carbons (Fsp3) is 1.00. The number of hydrogen-bond donors (Lipinski definition) is 0. The van der Waals surface area contributed by atoms with Gasteiger partial charge in [0.25, 0.3) is 0 Å². The molecule has 0 N–H and O–H groups in total. The van der Waals surface area contributed by atoms with Crippen molar-refractivity contribution in [3.8, 4) is 0 Å². The van der Waals surface area contributed by atoms with Gasteiger partial charge in [0.2, 0.25) is 0 Å². The maximum Gasteiger partial charge on any atom is -0.0187 e. The summed E-state index contributed by atoms with van der Waals surface area (Å²) in [6.07, 6.45) is 68.5. The van der Waals surface area contributed by atoms with Crippen LogP contribution in [0.15, 0.2) is 0 Å². The monoisotopic (exact) mass is 885 g/mol. The standard InChI is InChI=1S/C63H128/c1-12-18-24-30-35-38-43-49-55-62(54-48-42-34-28-22-16-5,59(52-46-40-29-23-17-6)53-47-41-33-27-21-15-4)63(61(10,11)58-60(7,8)9,56-50-44-37-32-26-20-14-3)57-51-45-39-36-31-25-19-13-2/h59H,12-58H2,1-11H3. The third-order valence-corrected chi connectivity index (χ3v) is 16.7. The topological polar surface area (TPSA) is 0 Å². The summed E-state index contributed by atoms with van der Waals surface area (Å²) in [6, 6.07) is 0. The van der Waals surface area contributed by atoms with Crippen molar-refractivity contribution < 1.29 is 0 Å². The minimum atomic E-state index is 0.318. The van der Waals surface area contributed by atoms with Gasteiger partial charge in [-0.15, -0.1) is 0 Å². The van der Waals surface area contributed by atoms with Crippen molar-refractivity contribution in [2.75, 3.05) is 0 Å². The molecule has 0 saturated carbocycles. The Hall–Kier alpha value is 0. The van der Waals surface area contributed by atoms with Gasteiger partial charge in [-0.3, -0.25) is 0 Å². The van der Waals surface area contributed by atoms with Crippen LogP contribution in [0.5, 0.6) is 0 Å². The zero-order chi connectivity index (χ0) is 46.8. The van der Waals surface area contributed by atoms with Gasteiger partial charge in [0.05, 0.1) is 0 Å². The molecular weight excluding hydrogens is 757 g/mol. The number of hydrogen-bond acceptors (Lipinski definition) is 0. The Morgan fingerprint density at radius 3 is 0.730 bits per heavy atom. The van der Waals surface area contributed by atoms with Crippen LogP contribution >= 0.6 is 0 Å². The van der Waals surface area contributed by atoms with Crippen molar-refractivity contribution in [2.24, 2.45) is 27.6 Å². The molecule has 0 spiro atoms. The van der Waals surface area contributed by atoms with Gasteiger partial charge in [-0.1, -0.05) is 333 Å². The van der Waals surface area contributed by atoms with Crippen molar-refractivity contribution in [3.05, 3.63) is 0 Å². The highest BCUT2D eigenvalue weighted by Gasteiger charge is 2.59. The fourth-order valence-electron chi connectivity index (χ4n) is 13.5. The predicted octanol–water partition coefficient (Wildman–Crippen LogP) is 24.1. The molecule has 0 aromatic heterocycles. The van der Waals surface area contributed by atoms with Crippen LogP contribution < -0.4 is 0 Å². The molecule has 0 heterocycles. The molecule has 0 bridgehead atoms. The Morgan fingerprint density at radius 2 is 0.476 bits per heavy atom. The van der Waals surface area contributed by atoms with Crippen LogP contribution in [0.2, 0.25) is 0 Å². The van der Waals surface area contributed by atoms with Crippen molar-refractivity contribution >= 4 is 0 Å². The summed E-state index contributed by atoms with van der Waals surface area (Å²) in [5.74, 6) is 0.892. The molecule has 0 nitrogen and oxygen atoms in total. The lowest BCUT2D eigenvalue weighted by Crippen LogP contribution is -2.56. The van der Waals surface area contributed by atoms with E-state index in [1.165, 1.54) is 302 Å². The number of unbranched alkanes of at least 4 members (excludes halogenated alkanes) is 34. The van der Waals surface area contributed by atoms with E-state index in [2.05, 4.69) is 76.2 Å². The van der Waals surface area contributed by atoms with E-state index in [0.717, 1.165) is 5.92 Å². The minimum Gasteiger partial charge on any atom is -0.0654 e. The molecule has 63 heavy (non-hydrogen) atoms. The van der Waals surface area contributed by atoms with E-state index in [0.29, 0.717) is 21.7 Å². The fourth-order valence-corrected chi connectivity index (χ4v) is 13.5. The third-order valence-electron chi connectivity index (χ3n) is 16.7. The van der Waals surface area contributed by atoms with Gasteiger partial charge in [-0.05, 0) is 72.5 Å². The van der Waals surface area contributed by atoms with Gasteiger partial charge in [0, 0.05) is 0 Å². The first-order chi connectivity index (χ1) is 30.5. The van der Waals surface area contributed by atoms with Crippen LogP contribution in [0.3, 0.4) is 0 Å². The van der Waals surface area contributed by atoms with Crippen molar-refractivity contribution in [3.63, 3.8) is 0 Å². The molecule has 0 radical (unpaired) electrons. The zero-order valence-corrected chi connectivity index (χ0v) is 46.8. The molecule has 0 aliphatic carbocycles. The third kappa shape index (κ3) is 30.2. The Bertz CT molecular complexity index is 905. The predicted molar refractivity (Wildman–Crippen MR) is 293 cm³/mol. The Kier molecular flexibility index (Phi) is 42.1. The SMILES string of the molecule is CCCCCCCCCCC(CCCCCCCC)(C(CCCCCCC)CCCCCCCC)C(CCCCCCCCC)(CCCCCCCCCC)C(C)(C)CC(C)(C)C. The van der Waals surface area contributed by atoms with Crippen LogP contribution in [0.4, 0.5) is 0 Å². The van der Waals surface area contributed by atoms with Gasteiger partial charge in [-0.2, -0.15) is 0 Å². The summed E-state index contributed by atoms with van der Waals surface area (Å²) in [6.45, 7) is 28.0. The molecule has 0 fully saturated rings. The van der Waals surface area contributed by atoms with Gasteiger partial charge in [0.15, 0.2) is 0 Å². The van der Waals surface area contributed by atoms with Crippen LogP contribution in [0.1, 0.15) is 378 Å². The molecule has 0 aromatic rings. The smallest absolute Gasteiger partial charge is 0.0187 e. The summed E-state index contributed by atoms with van der Waals surface area (Å²) in [5, 5.41) is 0. The highest BCUT2D eigenvalue weighted by atomic mass is 14.6. The first kappa shape index (κ1) is 63.0. The normalized spacial score (nSPS) is 14.9. The van der Waals surface area contributed by atoms with Gasteiger partial charge >= 0.3 is 0 Å². The Morgan fingerprint density at radius 1 is 0.254 bits per heavy atom. The highest BCUT2D eigenvalue weighted by molar-refractivity contribution is 5.09. The average molecular weight is 886 g/mol. The summed E-state index contributed by atoms with van der Waals surface area (Å²) in [7, 11) is 0. The molecular formula is C63H128. The van der Waals surface area contributed by atoms with Gasteiger partial charge in [0.1, 0.15) is 0 Å². The largest absolute Gasteiger partial charge is 0.0654 e. The summed E-state index contributed by atoms with van der Waals surface area (Å²) >= 11 is 0. The molecule has 0 heteroatoms. The second-order valence-electron chi connectivity index (χ2n) is 24.2. The zero-order valence-electron chi connectivity index (χ0n) is 46.8. The molecule has 0 aromatic carbocycles. The van der Waals surface area contributed by atoms with E-state index in [4.69, 9.17) is 0 Å². The van der Waals surface area contributed by atoms with Crippen LogP contribution in [0, 0.1) is 27.6 Å². The second kappa shape index (κ2) is 42.1. The van der Waals surface area contributed by atoms with E-state index in [1.807, 2.05) is 0 Å². The lowest BCUT2D eigenvalue weighted by Gasteiger charge is -2.64. The number of rotatable bonds is 50. The quantitative estimate of drug-likeness (QED) is 0.0534. The first-order valence-corrected chi connectivity index (χ1v) is 30.5. The van der Waals surface area contributed by atoms with Crippen LogP contribution in [-0.4, -0.2) is 0 Å². The first-order valence-electron chi connectivity index (χ1n) is 30.5. The van der Waals surface area contributed by atoms with E-state index in [9.17, 15) is 0 Å². The minimum absolute atomic E-state index is 0.318. The Labute approximate surface area is 403 Å². The molecule has 0 amide bonds. The summed E-state index contributed by atoms with van der Waals surface area (Å²) < 4.78 is 0. The van der Waals surface area contributed by atoms with Gasteiger partial charge < -0.3 is 0 Å². The van der Waals surface area contributed by atoms with E-state index >= 15 is 0 Å². The molecule has 0 rings (SSSR count). The van der Waals surface area contributed by atoms with E-state index in [1.54, 1.807) is 0 Å². The lowest BCUT2D eigenvalue weighted by molar-refractivity contribution is -0.152.